The van der Waals surface area contributed by atoms with Crippen LogP contribution in [0, 0.1) is 16.7 Å². The molecule has 0 spiro atoms. The number of aromatic nitrogens is 1. The van der Waals surface area contributed by atoms with Gasteiger partial charge in [0.1, 0.15) is 0 Å². The van der Waals surface area contributed by atoms with E-state index in [0.29, 0.717) is 28.1 Å². The quantitative estimate of drug-likeness (QED) is 0.337. The van der Waals surface area contributed by atoms with Crippen molar-refractivity contribution in [3.8, 4) is 0 Å². The molecule has 2 saturated heterocycles. The Hall–Kier alpha value is -3.10. The number of carbonyl (C=O) groups is 1. The van der Waals surface area contributed by atoms with E-state index in [0.717, 1.165) is 29.8 Å². The summed E-state index contributed by atoms with van der Waals surface area (Å²) in [6.45, 7) is 11.5. The summed E-state index contributed by atoms with van der Waals surface area (Å²) in [5.41, 5.74) is 4.70. The minimum atomic E-state index is -0.585. The Balaban J connectivity index is 1.26. The van der Waals surface area contributed by atoms with Crippen molar-refractivity contribution < 1.29 is 19.4 Å². The number of aliphatic hydroxyl groups is 1. The third-order valence-corrected chi connectivity index (χ3v) is 9.40. The van der Waals surface area contributed by atoms with Crippen LogP contribution in [0.15, 0.2) is 73.1 Å². The lowest BCUT2D eigenvalue weighted by atomic mass is 9.65. The van der Waals surface area contributed by atoms with E-state index < -0.39 is 6.29 Å². The van der Waals surface area contributed by atoms with Crippen molar-refractivity contribution in [3.63, 3.8) is 0 Å². The summed E-state index contributed by atoms with van der Waals surface area (Å²) in [6, 6.07) is 19.8. The van der Waals surface area contributed by atoms with Gasteiger partial charge in [0.15, 0.2) is 6.29 Å². The van der Waals surface area contributed by atoms with Crippen molar-refractivity contribution in [2.24, 2.45) is 16.7 Å². The van der Waals surface area contributed by atoms with Crippen molar-refractivity contribution in [2.75, 3.05) is 18.4 Å². The fourth-order valence-corrected chi connectivity index (χ4v) is 7.81. The molecule has 6 rings (SSSR count). The molecule has 7 nitrogen and oxygen atoms in total. The van der Waals surface area contributed by atoms with E-state index in [1.165, 1.54) is 19.3 Å². The Morgan fingerprint density at radius 2 is 1.86 bits per heavy atom. The standard InChI is InChI=1S/C35H43N3O4/c1-23-30(19-38-22-35(4)17-29(38)16-34(2,3)21-35)41-33(42-31(23)25-12-10-24(20-39)11-13-25)26-7-5-9-28(15-26)37-32(40)27-8-6-14-36-18-27/h5-15,18,23,29-31,33,39H,16-17,19-22H2,1-4H3,(H,37,40)/t23-,29?,30+,31+,33+,35?/m1/s1. The number of carbonyl (C=O) groups excluding carboxylic acids is 1. The first kappa shape index (κ1) is 29.0. The second kappa shape index (κ2) is 11.5. The Labute approximate surface area is 249 Å². The Morgan fingerprint density at radius 1 is 1.05 bits per heavy atom. The maximum absolute atomic E-state index is 12.8. The fourth-order valence-electron chi connectivity index (χ4n) is 7.81. The van der Waals surface area contributed by atoms with Gasteiger partial charge < -0.3 is 19.9 Å². The average molecular weight is 570 g/mol. The number of hydrogen-bond acceptors (Lipinski definition) is 6. The van der Waals surface area contributed by atoms with Crippen molar-refractivity contribution in [3.05, 3.63) is 95.3 Å². The van der Waals surface area contributed by atoms with Crippen molar-refractivity contribution in [2.45, 2.75) is 78.1 Å². The summed E-state index contributed by atoms with van der Waals surface area (Å²) in [6.07, 6.45) is 6.14. The van der Waals surface area contributed by atoms with Gasteiger partial charge in [0.05, 0.1) is 24.4 Å². The molecule has 2 N–H and O–H groups in total. The van der Waals surface area contributed by atoms with E-state index in [1.807, 2.05) is 36.4 Å². The van der Waals surface area contributed by atoms with Gasteiger partial charge in [-0.1, -0.05) is 64.1 Å². The summed E-state index contributed by atoms with van der Waals surface area (Å²) in [5.74, 6) is -0.0911. The lowest BCUT2D eigenvalue weighted by molar-refractivity contribution is -0.276. The molecule has 2 bridgehead atoms. The highest BCUT2D eigenvalue weighted by molar-refractivity contribution is 6.04. The first-order valence-corrected chi connectivity index (χ1v) is 15.2. The molecular formula is C35H43N3O4. The Bertz CT molecular complexity index is 1390. The number of nitrogens with zero attached hydrogens (tertiary/aromatic N) is 2. The summed E-state index contributed by atoms with van der Waals surface area (Å²) in [5, 5.41) is 12.6. The third-order valence-electron chi connectivity index (χ3n) is 9.40. The zero-order chi connectivity index (χ0) is 29.5. The number of likely N-dealkylation sites (tertiary alicyclic amines) is 1. The number of fused-ring (bicyclic) bond motifs is 2. The Kier molecular flexibility index (Phi) is 7.96. The van der Waals surface area contributed by atoms with Crippen LogP contribution in [-0.2, 0) is 16.1 Å². The summed E-state index contributed by atoms with van der Waals surface area (Å²) in [7, 11) is 0. The summed E-state index contributed by atoms with van der Waals surface area (Å²) in [4.78, 5) is 19.5. The molecule has 3 fully saturated rings. The van der Waals surface area contributed by atoms with Gasteiger partial charge in [0.2, 0.25) is 0 Å². The maximum atomic E-state index is 12.8. The summed E-state index contributed by atoms with van der Waals surface area (Å²) < 4.78 is 13.5. The zero-order valence-corrected chi connectivity index (χ0v) is 25.1. The molecule has 1 aliphatic carbocycles. The first-order chi connectivity index (χ1) is 20.1. The van der Waals surface area contributed by atoms with Crippen LogP contribution >= 0.6 is 0 Å². The summed E-state index contributed by atoms with van der Waals surface area (Å²) >= 11 is 0. The van der Waals surface area contributed by atoms with Crippen molar-refractivity contribution in [1.29, 1.82) is 0 Å². The van der Waals surface area contributed by atoms with Crippen LogP contribution in [0.3, 0.4) is 0 Å². The predicted molar refractivity (Wildman–Crippen MR) is 163 cm³/mol. The third kappa shape index (κ3) is 6.16. The van der Waals surface area contributed by atoms with Gasteiger partial charge in [-0.3, -0.25) is 14.7 Å². The van der Waals surface area contributed by atoms with Crippen LogP contribution in [0.5, 0.6) is 0 Å². The number of aliphatic hydroxyl groups excluding tert-OH is 1. The van der Waals surface area contributed by atoms with Crippen LogP contribution in [0.2, 0.25) is 0 Å². The Morgan fingerprint density at radius 3 is 2.60 bits per heavy atom. The molecule has 0 radical (unpaired) electrons. The maximum Gasteiger partial charge on any atom is 0.257 e. The fraction of sp³-hybridized carbons (Fsp3) is 0.486. The number of benzene rings is 2. The monoisotopic (exact) mass is 569 g/mol. The largest absolute Gasteiger partial charge is 0.392 e. The number of nitrogens with one attached hydrogen (secondary N) is 1. The van der Waals surface area contributed by atoms with E-state index in [2.05, 4.69) is 55.0 Å². The molecule has 2 aromatic carbocycles. The van der Waals surface area contributed by atoms with E-state index in [-0.39, 0.29) is 30.6 Å². The highest BCUT2D eigenvalue weighted by Crippen LogP contribution is 2.53. The SMILES string of the molecule is C[C@@H]1[C@H](CN2CC3(C)CC2CC(C)(C)C3)O[C@H](c2cccc(NC(=O)c3cccnc3)c2)O[C@@H]1c1ccc(CO)cc1. The molecular weight excluding hydrogens is 526 g/mol. The predicted octanol–water partition coefficient (Wildman–Crippen LogP) is 6.52. The molecule has 2 aliphatic heterocycles. The zero-order valence-electron chi connectivity index (χ0n) is 25.1. The molecule has 222 valence electrons. The first-order valence-electron chi connectivity index (χ1n) is 15.2. The van der Waals surface area contributed by atoms with E-state index >= 15 is 0 Å². The van der Waals surface area contributed by atoms with Gasteiger partial charge in [-0.05, 0) is 65.5 Å². The molecule has 2 unspecified atom stereocenters. The van der Waals surface area contributed by atoms with Gasteiger partial charge >= 0.3 is 0 Å². The number of ether oxygens (including phenoxy) is 2. The van der Waals surface area contributed by atoms with Crippen LogP contribution < -0.4 is 5.32 Å². The number of rotatable bonds is 7. The topological polar surface area (TPSA) is 83.9 Å². The van der Waals surface area contributed by atoms with Crippen molar-refractivity contribution in [1.82, 2.24) is 9.88 Å². The number of amides is 1. The van der Waals surface area contributed by atoms with Gasteiger partial charge in [-0.25, -0.2) is 0 Å². The van der Waals surface area contributed by atoms with Crippen LogP contribution in [0.1, 0.15) is 86.4 Å². The van der Waals surface area contributed by atoms with Crippen LogP contribution in [0.4, 0.5) is 5.69 Å². The average Bonchev–Trinajstić information content (AvgIpc) is 3.21. The lowest BCUT2D eigenvalue weighted by Gasteiger charge is -2.43. The van der Waals surface area contributed by atoms with Crippen molar-refractivity contribution >= 4 is 11.6 Å². The van der Waals surface area contributed by atoms with Crippen LogP contribution in [-0.4, -0.2) is 46.1 Å². The second-order valence-electron chi connectivity index (χ2n) is 13.8. The van der Waals surface area contributed by atoms with E-state index in [1.54, 1.807) is 24.5 Å². The molecule has 3 heterocycles. The molecule has 42 heavy (non-hydrogen) atoms. The number of hydrogen-bond donors (Lipinski definition) is 2. The second-order valence-corrected chi connectivity index (χ2v) is 13.8. The van der Waals surface area contributed by atoms with Gasteiger partial charge in [-0.15, -0.1) is 0 Å². The van der Waals surface area contributed by atoms with Gasteiger partial charge in [0.25, 0.3) is 5.91 Å². The van der Waals surface area contributed by atoms with Crippen LogP contribution in [0.25, 0.3) is 0 Å². The molecule has 7 heteroatoms. The highest BCUT2D eigenvalue weighted by atomic mass is 16.7. The van der Waals surface area contributed by atoms with Gasteiger partial charge in [0, 0.05) is 48.7 Å². The molecule has 3 aromatic rings. The minimum Gasteiger partial charge on any atom is -0.392 e. The molecule has 1 saturated carbocycles. The molecule has 1 aromatic heterocycles. The smallest absolute Gasteiger partial charge is 0.257 e. The minimum absolute atomic E-state index is 0.0126. The molecule has 6 atom stereocenters. The van der Waals surface area contributed by atoms with E-state index in [9.17, 15) is 9.90 Å². The normalized spacial score (nSPS) is 30.6. The highest BCUT2D eigenvalue weighted by Gasteiger charge is 2.51. The molecule has 3 aliphatic rings. The number of pyridine rings is 1. The number of anilines is 1. The van der Waals surface area contributed by atoms with E-state index in [4.69, 9.17) is 9.47 Å². The molecule has 1 amide bonds. The lowest BCUT2D eigenvalue weighted by Crippen LogP contribution is -2.46. The van der Waals surface area contributed by atoms with Gasteiger partial charge in [-0.2, -0.15) is 0 Å².